The zero-order chi connectivity index (χ0) is 15.9. The topological polar surface area (TPSA) is 80.7 Å². The summed E-state index contributed by atoms with van der Waals surface area (Å²) >= 11 is 1.46. The zero-order valence-corrected chi connectivity index (χ0v) is 13.3. The van der Waals surface area contributed by atoms with E-state index in [1.165, 1.54) is 11.3 Å². The number of aliphatic hydroxyl groups is 1. The molecule has 1 heterocycles. The van der Waals surface area contributed by atoms with E-state index in [9.17, 15) is 4.79 Å². The van der Waals surface area contributed by atoms with Gasteiger partial charge in [-0.1, -0.05) is 0 Å². The smallest absolute Gasteiger partial charge is 0.226 e. The number of aromatic nitrogens is 1. The number of methoxy groups -OCH3 is 2. The van der Waals surface area contributed by atoms with Crippen LogP contribution in [0.5, 0.6) is 11.5 Å². The van der Waals surface area contributed by atoms with Gasteiger partial charge in [-0.3, -0.25) is 4.79 Å². The van der Waals surface area contributed by atoms with Crippen LogP contribution in [0.3, 0.4) is 0 Å². The molecule has 118 valence electrons. The maximum atomic E-state index is 11.6. The molecular weight excluding hydrogens is 304 g/mol. The minimum Gasteiger partial charge on any atom is -0.493 e. The molecule has 2 N–H and O–H groups in total. The Balaban J connectivity index is 2.12. The van der Waals surface area contributed by atoms with Gasteiger partial charge in [0.05, 0.1) is 32.9 Å². The second-order valence-electron chi connectivity index (χ2n) is 4.46. The van der Waals surface area contributed by atoms with E-state index in [4.69, 9.17) is 14.6 Å². The van der Waals surface area contributed by atoms with E-state index in [1.54, 1.807) is 14.2 Å². The number of carbonyl (C=O) groups is 1. The molecule has 0 spiro atoms. The maximum Gasteiger partial charge on any atom is 0.226 e. The number of benzene rings is 1. The molecular formula is C15H18N2O4S. The summed E-state index contributed by atoms with van der Waals surface area (Å²) in [6, 6.07) is 5.58. The van der Waals surface area contributed by atoms with Crippen LogP contribution >= 0.6 is 11.3 Å². The molecule has 0 aliphatic heterocycles. The van der Waals surface area contributed by atoms with E-state index in [-0.39, 0.29) is 25.5 Å². The Kier molecular flexibility index (Phi) is 5.74. The first kappa shape index (κ1) is 16.3. The first-order valence-corrected chi connectivity index (χ1v) is 7.60. The molecule has 2 aromatic rings. The summed E-state index contributed by atoms with van der Waals surface area (Å²) in [6.07, 6.45) is 0.198. The van der Waals surface area contributed by atoms with Gasteiger partial charge in [-0.2, -0.15) is 0 Å². The fourth-order valence-electron chi connectivity index (χ4n) is 1.91. The summed E-state index contributed by atoms with van der Waals surface area (Å²) in [5.41, 5.74) is 1.61. The quantitative estimate of drug-likeness (QED) is 0.807. The second kappa shape index (κ2) is 7.77. The van der Waals surface area contributed by atoms with E-state index in [0.29, 0.717) is 17.2 Å². The predicted molar refractivity (Wildman–Crippen MR) is 84.5 cm³/mol. The highest BCUT2D eigenvalue weighted by Crippen LogP contribution is 2.33. The molecule has 0 saturated heterocycles. The van der Waals surface area contributed by atoms with Crippen molar-refractivity contribution in [3.63, 3.8) is 0 Å². The number of rotatable bonds is 7. The molecule has 0 unspecified atom stereocenters. The third-order valence-electron chi connectivity index (χ3n) is 2.96. The molecule has 0 aliphatic rings. The Hall–Kier alpha value is -2.12. The lowest BCUT2D eigenvalue weighted by Gasteiger charge is -2.08. The number of carbonyl (C=O) groups excluding carboxylic acids is 1. The monoisotopic (exact) mass is 322 g/mol. The molecule has 2 rings (SSSR count). The maximum absolute atomic E-state index is 11.6. The van der Waals surface area contributed by atoms with Crippen LogP contribution < -0.4 is 14.8 Å². The van der Waals surface area contributed by atoms with E-state index in [2.05, 4.69) is 10.3 Å². The van der Waals surface area contributed by atoms with Crippen LogP contribution in [0.4, 0.5) is 0 Å². The standard InChI is InChI=1S/C15H18N2O4S/c1-20-12-4-3-10(7-13(12)21-2)15-17-11(9-22-15)8-14(19)16-5-6-18/h3-4,7,9,18H,5-6,8H2,1-2H3,(H,16,19). The van der Waals surface area contributed by atoms with Crippen molar-refractivity contribution < 1.29 is 19.4 Å². The van der Waals surface area contributed by atoms with E-state index in [0.717, 1.165) is 10.6 Å². The fraction of sp³-hybridized carbons (Fsp3) is 0.333. The summed E-state index contributed by atoms with van der Waals surface area (Å²) < 4.78 is 10.5. The molecule has 0 atom stereocenters. The summed E-state index contributed by atoms with van der Waals surface area (Å²) in [6.45, 7) is 0.186. The van der Waals surface area contributed by atoms with Crippen molar-refractivity contribution in [1.29, 1.82) is 0 Å². The van der Waals surface area contributed by atoms with Gasteiger partial charge in [0.2, 0.25) is 5.91 Å². The van der Waals surface area contributed by atoms with Crippen molar-refractivity contribution in [2.24, 2.45) is 0 Å². The average molecular weight is 322 g/mol. The Labute approximate surface area is 132 Å². The van der Waals surface area contributed by atoms with Gasteiger partial charge in [0.25, 0.3) is 0 Å². The third kappa shape index (κ3) is 3.96. The lowest BCUT2D eigenvalue weighted by Crippen LogP contribution is -2.27. The Bertz CT molecular complexity index is 642. The highest BCUT2D eigenvalue weighted by molar-refractivity contribution is 7.13. The molecule has 1 aromatic carbocycles. The van der Waals surface area contributed by atoms with Crippen LogP contribution in [0.1, 0.15) is 5.69 Å². The molecule has 1 aromatic heterocycles. The Morgan fingerprint density at radius 1 is 1.32 bits per heavy atom. The second-order valence-corrected chi connectivity index (χ2v) is 5.32. The fourth-order valence-corrected chi connectivity index (χ4v) is 2.73. The lowest BCUT2D eigenvalue weighted by molar-refractivity contribution is -0.120. The molecule has 22 heavy (non-hydrogen) atoms. The number of amides is 1. The molecule has 0 saturated carbocycles. The number of hydrogen-bond acceptors (Lipinski definition) is 6. The van der Waals surface area contributed by atoms with E-state index in [1.807, 2.05) is 23.6 Å². The predicted octanol–water partition coefficient (Wildman–Crippen LogP) is 1.48. The number of hydrogen-bond donors (Lipinski definition) is 2. The number of nitrogens with one attached hydrogen (secondary N) is 1. The highest BCUT2D eigenvalue weighted by Gasteiger charge is 2.11. The summed E-state index contributed by atoms with van der Waals surface area (Å²) in [5, 5.41) is 13.9. The van der Waals surface area contributed by atoms with E-state index >= 15 is 0 Å². The van der Waals surface area contributed by atoms with Crippen LogP contribution in [-0.2, 0) is 11.2 Å². The molecule has 0 fully saturated rings. The number of aliphatic hydroxyl groups excluding tert-OH is 1. The van der Waals surface area contributed by atoms with Crippen LogP contribution in [0.2, 0.25) is 0 Å². The van der Waals surface area contributed by atoms with Crippen molar-refractivity contribution in [2.75, 3.05) is 27.4 Å². The van der Waals surface area contributed by atoms with Gasteiger partial charge in [-0.15, -0.1) is 11.3 Å². The molecule has 0 bridgehead atoms. The van der Waals surface area contributed by atoms with Gasteiger partial charge in [0.1, 0.15) is 5.01 Å². The SMILES string of the molecule is COc1ccc(-c2nc(CC(=O)NCCO)cs2)cc1OC. The van der Waals surface area contributed by atoms with Crippen molar-refractivity contribution in [1.82, 2.24) is 10.3 Å². The van der Waals surface area contributed by atoms with Gasteiger partial charge in [-0.05, 0) is 18.2 Å². The molecule has 1 amide bonds. The van der Waals surface area contributed by atoms with Gasteiger partial charge in [0.15, 0.2) is 11.5 Å². The highest BCUT2D eigenvalue weighted by atomic mass is 32.1. The van der Waals surface area contributed by atoms with Crippen LogP contribution in [0, 0.1) is 0 Å². The van der Waals surface area contributed by atoms with Crippen molar-refractivity contribution >= 4 is 17.2 Å². The third-order valence-corrected chi connectivity index (χ3v) is 3.90. The van der Waals surface area contributed by atoms with Gasteiger partial charge >= 0.3 is 0 Å². The lowest BCUT2D eigenvalue weighted by atomic mass is 10.2. The van der Waals surface area contributed by atoms with E-state index < -0.39 is 0 Å². The van der Waals surface area contributed by atoms with Crippen molar-refractivity contribution in [3.8, 4) is 22.1 Å². The van der Waals surface area contributed by atoms with Gasteiger partial charge < -0.3 is 19.9 Å². The largest absolute Gasteiger partial charge is 0.493 e. The molecule has 7 heteroatoms. The number of ether oxygens (including phenoxy) is 2. The Morgan fingerprint density at radius 2 is 2.09 bits per heavy atom. The summed E-state index contributed by atoms with van der Waals surface area (Å²) in [7, 11) is 3.17. The van der Waals surface area contributed by atoms with Crippen molar-refractivity contribution in [2.45, 2.75) is 6.42 Å². The summed E-state index contributed by atoms with van der Waals surface area (Å²) in [5.74, 6) is 1.14. The molecule has 0 aliphatic carbocycles. The summed E-state index contributed by atoms with van der Waals surface area (Å²) in [4.78, 5) is 16.1. The van der Waals surface area contributed by atoms with Gasteiger partial charge in [-0.25, -0.2) is 4.98 Å². The minimum atomic E-state index is -0.154. The minimum absolute atomic E-state index is 0.0697. The molecule has 0 radical (unpaired) electrons. The van der Waals surface area contributed by atoms with Gasteiger partial charge in [0, 0.05) is 17.5 Å². The zero-order valence-electron chi connectivity index (χ0n) is 12.5. The molecule has 6 nitrogen and oxygen atoms in total. The average Bonchev–Trinajstić information content (AvgIpc) is 3.00. The first-order chi connectivity index (χ1) is 10.7. The van der Waals surface area contributed by atoms with Crippen LogP contribution in [0.25, 0.3) is 10.6 Å². The number of thiazole rings is 1. The normalized spacial score (nSPS) is 10.3. The Morgan fingerprint density at radius 3 is 2.77 bits per heavy atom. The number of nitrogens with zero attached hydrogens (tertiary/aromatic N) is 1. The first-order valence-electron chi connectivity index (χ1n) is 6.72. The van der Waals surface area contributed by atoms with Crippen molar-refractivity contribution in [3.05, 3.63) is 29.3 Å². The van der Waals surface area contributed by atoms with Crippen LogP contribution in [0.15, 0.2) is 23.6 Å². The van der Waals surface area contributed by atoms with Crippen LogP contribution in [-0.4, -0.2) is 43.4 Å².